The highest BCUT2D eigenvalue weighted by Gasteiger charge is 2.20. The molecule has 0 N–H and O–H groups in total. The van der Waals surface area contributed by atoms with Crippen molar-refractivity contribution < 1.29 is 8.83 Å². The van der Waals surface area contributed by atoms with E-state index in [9.17, 15) is 0 Å². The molecule has 0 aliphatic heterocycles. The number of furan rings is 2. The highest BCUT2D eigenvalue weighted by Crippen LogP contribution is 2.44. The molecule has 0 atom stereocenters. The summed E-state index contributed by atoms with van der Waals surface area (Å²) < 4.78 is 13.1. The number of benzene rings is 8. The summed E-state index contributed by atoms with van der Waals surface area (Å²) in [7, 11) is 0. The van der Waals surface area contributed by atoms with Gasteiger partial charge in [-0.1, -0.05) is 109 Å². The molecule has 0 radical (unpaired) electrons. The summed E-state index contributed by atoms with van der Waals surface area (Å²) in [5.74, 6) is 0. The quantitative estimate of drug-likeness (QED) is 0.201. The number of anilines is 3. The first-order valence-electron chi connectivity index (χ1n) is 15.9. The molecule has 10 aromatic rings. The first kappa shape index (κ1) is 26.0. The van der Waals surface area contributed by atoms with Crippen LogP contribution in [0.3, 0.4) is 0 Å². The van der Waals surface area contributed by atoms with Crippen LogP contribution in [-0.2, 0) is 0 Å². The molecule has 0 unspecified atom stereocenters. The number of rotatable bonds is 4. The standard InChI is InChI=1S/C44H27NO2/c1-2-10-28(11-3-1)30-13-8-14-31(26-30)45(32-21-23-36-38-22-20-29-12-4-5-15-33(29)43(38)47-42(36)27-32)40-18-9-17-37-34(40)24-25-39-35-16-6-7-19-41(35)46-44(37)39/h1-27H. The molecule has 0 bridgehead atoms. The molecule has 47 heavy (non-hydrogen) atoms. The van der Waals surface area contributed by atoms with E-state index in [0.29, 0.717) is 0 Å². The smallest absolute Gasteiger partial charge is 0.143 e. The molecule has 220 valence electrons. The van der Waals surface area contributed by atoms with Gasteiger partial charge in [-0.2, -0.15) is 0 Å². The summed E-state index contributed by atoms with van der Waals surface area (Å²) in [6, 6.07) is 57.8. The van der Waals surface area contributed by atoms with Gasteiger partial charge in [0.25, 0.3) is 0 Å². The Hall–Kier alpha value is -6.32. The van der Waals surface area contributed by atoms with Gasteiger partial charge in [-0.05, 0) is 65.0 Å². The minimum absolute atomic E-state index is 0.859. The molecule has 2 aromatic heterocycles. The number of hydrogen-bond acceptors (Lipinski definition) is 3. The van der Waals surface area contributed by atoms with Crippen LogP contribution in [0.2, 0.25) is 0 Å². The van der Waals surface area contributed by atoms with Crippen molar-refractivity contribution >= 4 is 82.5 Å². The molecule has 0 saturated heterocycles. The lowest BCUT2D eigenvalue weighted by molar-refractivity contribution is 0.672. The van der Waals surface area contributed by atoms with Crippen LogP contribution in [0.4, 0.5) is 17.1 Å². The summed E-state index contributed by atoms with van der Waals surface area (Å²) in [4.78, 5) is 2.34. The van der Waals surface area contributed by atoms with Crippen LogP contribution in [0, 0.1) is 0 Å². The van der Waals surface area contributed by atoms with Crippen LogP contribution in [0.5, 0.6) is 0 Å². The molecule has 0 fully saturated rings. The van der Waals surface area contributed by atoms with E-state index in [1.54, 1.807) is 0 Å². The largest absolute Gasteiger partial charge is 0.455 e. The summed E-state index contributed by atoms with van der Waals surface area (Å²) in [5, 5.41) is 8.97. The van der Waals surface area contributed by atoms with E-state index in [4.69, 9.17) is 8.83 Å². The Labute approximate surface area is 270 Å². The first-order valence-corrected chi connectivity index (χ1v) is 15.9. The van der Waals surface area contributed by atoms with Crippen molar-refractivity contribution in [3.63, 3.8) is 0 Å². The zero-order chi connectivity index (χ0) is 30.9. The molecule has 2 heterocycles. The normalized spacial score (nSPS) is 11.8. The van der Waals surface area contributed by atoms with E-state index >= 15 is 0 Å². The molecule has 0 aliphatic carbocycles. The van der Waals surface area contributed by atoms with Crippen LogP contribution in [0.1, 0.15) is 0 Å². The van der Waals surface area contributed by atoms with Gasteiger partial charge in [-0.25, -0.2) is 0 Å². The van der Waals surface area contributed by atoms with Gasteiger partial charge in [-0.15, -0.1) is 0 Å². The van der Waals surface area contributed by atoms with Gasteiger partial charge in [0.15, 0.2) is 0 Å². The highest BCUT2D eigenvalue weighted by molar-refractivity contribution is 6.18. The van der Waals surface area contributed by atoms with E-state index in [0.717, 1.165) is 82.7 Å². The summed E-state index contributed by atoms with van der Waals surface area (Å²) in [6.45, 7) is 0. The second kappa shape index (κ2) is 10.1. The zero-order valence-electron chi connectivity index (χ0n) is 25.4. The zero-order valence-corrected chi connectivity index (χ0v) is 25.4. The van der Waals surface area contributed by atoms with E-state index in [-0.39, 0.29) is 0 Å². The van der Waals surface area contributed by atoms with Crippen LogP contribution in [-0.4, -0.2) is 0 Å². The van der Waals surface area contributed by atoms with Crippen molar-refractivity contribution in [2.45, 2.75) is 0 Å². The molecule has 0 spiro atoms. The Balaban J connectivity index is 1.23. The summed E-state index contributed by atoms with van der Waals surface area (Å²) >= 11 is 0. The third kappa shape index (κ3) is 4.00. The molecular formula is C44H27NO2. The van der Waals surface area contributed by atoms with Gasteiger partial charge in [0, 0.05) is 55.1 Å². The van der Waals surface area contributed by atoms with E-state index in [2.05, 4.69) is 157 Å². The number of para-hydroxylation sites is 1. The Morgan fingerprint density at radius 2 is 0.936 bits per heavy atom. The maximum absolute atomic E-state index is 6.66. The maximum Gasteiger partial charge on any atom is 0.143 e. The third-order valence-electron chi connectivity index (χ3n) is 9.44. The van der Waals surface area contributed by atoms with Crippen LogP contribution < -0.4 is 4.90 Å². The van der Waals surface area contributed by atoms with Crippen molar-refractivity contribution in [1.29, 1.82) is 0 Å². The average molecular weight is 602 g/mol. The van der Waals surface area contributed by atoms with Crippen molar-refractivity contribution in [1.82, 2.24) is 0 Å². The van der Waals surface area contributed by atoms with Gasteiger partial charge in [0.05, 0.1) is 5.69 Å². The number of hydrogen-bond donors (Lipinski definition) is 0. The topological polar surface area (TPSA) is 29.5 Å². The molecule has 0 aliphatic rings. The molecule has 0 amide bonds. The number of nitrogens with zero attached hydrogens (tertiary/aromatic N) is 1. The van der Waals surface area contributed by atoms with E-state index in [1.165, 1.54) is 10.9 Å². The second-order valence-electron chi connectivity index (χ2n) is 12.1. The Morgan fingerprint density at radius 3 is 1.85 bits per heavy atom. The molecule has 3 heteroatoms. The molecular weight excluding hydrogens is 574 g/mol. The van der Waals surface area contributed by atoms with Gasteiger partial charge in [-0.3, -0.25) is 0 Å². The second-order valence-corrected chi connectivity index (χ2v) is 12.1. The van der Waals surface area contributed by atoms with E-state index in [1.807, 2.05) is 12.1 Å². The molecule has 8 aromatic carbocycles. The van der Waals surface area contributed by atoms with Gasteiger partial charge >= 0.3 is 0 Å². The SMILES string of the molecule is c1ccc(-c2cccc(N(c3ccc4c(c3)oc3c5ccccc5ccc43)c3cccc4c3ccc3c5ccccc5oc43)c2)cc1. The monoisotopic (exact) mass is 601 g/mol. The van der Waals surface area contributed by atoms with E-state index < -0.39 is 0 Å². The maximum atomic E-state index is 6.66. The minimum atomic E-state index is 0.859. The fourth-order valence-electron chi connectivity index (χ4n) is 7.23. The highest BCUT2D eigenvalue weighted by atomic mass is 16.3. The van der Waals surface area contributed by atoms with Gasteiger partial charge in [0.2, 0.25) is 0 Å². The van der Waals surface area contributed by atoms with Crippen LogP contribution >= 0.6 is 0 Å². The van der Waals surface area contributed by atoms with Crippen molar-refractivity contribution in [2.24, 2.45) is 0 Å². The van der Waals surface area contributed by atoms with Crippen molar-refractivity contribution in [2.75, 3.05) is 4.90 Å². The average Bonchev–Trinajstić information content (AvgIpc) is 3.71. The molecule has 3 nitrogen and oxygen atoms in total. The van der Waals surface area contributed by atoms with Gasteiger partial charge in [0.1, 0.15) is 22.3 Å². The first-order chi connectivity index (χ1) is 23.3. The van der Waals surface area contributed by atoms with Crippen LogP contribution in [0.15, 0.2) is 173 Å². The minimum Gasteiger partial charge on any atom is -0.455 e. The summed E-state index contributed by atoms with van der Waals surface area (Å²) in [6.07, 6.45) is 0. The lowest BCUT2D eigenvalue weighted by Crippen LogP contribution is -2.10. The molecule has 0 saturated carbocycles. The third-order valence-corrected chi connectivity index (χ3v) is 9.44. The van der Waals surface area contributed by atoms with Crippen molar-refractivity contribution in [3.05, 3.63) is 164 Å². The predicted octanol–water partition coefficient (Wildman–Crippen LogP) is 12.9. The molecule has 10 rings (SSSR count). The fraction of sp³-hybridized carbons (Fsp3) is 0. The predicted molar refractivity (Wildman–Crippen MR) is 196 cm³/mol. The Morgan fingerprint density at radius 1 is 0.340 bits per heavy atom. The lowest BCUT2D eigenvalue weighted by atomic mass is 10.0. The van der Waals surface area contributed by atoms with Gasteiger partial charge < -0.3 is 13.7 Å². The van der Waals surface area contributed by atoms with Crippen molar-refractivity contribution in [3.8, 4) is 11.1 Å². The number of fused-ring (bicyclic) bond motifs is 10. The Kier molecular flexibility index (Phi) is 5.57. The van der Waals surface area contributed by atoms with Crippen LogP contribution in [0.25, 0.3) is 76.5 Å². The fourth-order valence-corrected chi connectivity index (χ4v) is 7.23. The Bertz CT molecular complexity index is 2810. The lowest BCUT2D eigenvalue weighted by Gasteiger charge is -2.27. The summed E-state index contributed by atoms with van der Waals surface area (Å²) in [5.41, 5.74) is 9.06.